The van der Waals surface area contributed by atoms with Crippen LogP contribution in [0.4, 0.5) is 0 Å². The number of benzene rings is 1. The zero-order valence-electron chi connectivity index (χ0n) is 20.7. The number of piperazine rings is 1. The van der Waals surface area contributed by atoms with Gasteiger partial charge in [0.1, 0.15) is 5.82 Å². The smallest absolute Gasteiger partial charge is 0.290 e. The molecule has 1 saturated heterocycles. The molecule has 190 valence electrons. The van der Waals surface area contributed by atoms with Gasteiger partial charge in [-0.25, -0.2) is 4.98 Å². The van der Waals surface area contributed by atoms with Crippen LogP contribution >= 0.6 is 0 Å². The van der Waals surface area contributed by atoms with Crippen molar-refractivity contribution >= 4 is 12.9 Å². The maximum absolute atomic E-state index is 9.55. The third-order valence-electron chi connectivity index (χ3n) is 5.85. The number of likely N-dealkylation sites (N-methyl/N-ethyl adjacent to an activating group) is 1. The van der Waals surface area contributed by atoms with E-state index < -0.39 is 0 Å². The molecular formula is C24H39N5O5. The van der Waals surface area contributed by atoms with E-state index in [-0.39, 0.29) is 19.6 Å². The summed E-state index contributed by atoms with van der Waals surface area (Å²) in [6.07, 6.45) is 3.80. The Morgan fingerprint density at radius 3 is 2.12 bits per heavy atom. The van der Waals surface area contributed by atoms with Crippen molar-refractivity contribution < 1.29 is 24.9 Å². The Labute approximate surface area is 202 Å². The van der Waals surface area contributed by atoms with Gasteiger partial charge in [-0.2, -0.15) is 0 Å². The maximum atomic E-state index is 9.55. The van der Waals surface area contributed by atoms with Gasteiger partial charge in [-0.15, -0.1) is 0 Å². The van der Waals surface area contributed by atoms with Crippen molar-refractivity contribution in [2.24, 2.45) is 7.05 Å². The van der Waals surface area contributed by atoms with E-state index in [9.17, 15) is 5.11 Å². The Bertz CT molecular complexity index is 859. The molecule has 0 saturated carbocycles. The molecule has 0 atom stereocenters. The molecule has 2 heterocycles. The van der Waals surface area contributed by atoms with E-state index >= 15 is 0 Å². The second kappa shape index (κ2) is 15.9. The van der Waals surface area contributed by atoms with Gasteiger partial charge in [0.2, 0.25) is 0 Å². The van der Waals surface area contributed by atoms with Gasteiger partial charge in [0.05, 0.1) is 13.2 Å². The highest BCUT2D eigenvalue weighted by atomic mass is 16.3. The van der Waals surface area contributed by atoms with Gasteiger partial charge < -0.3 is 24.8 Å². The third-order valence-corrected chi connectivity index (χ3v) is 5.85. The van der Waals surface area contributed by atoms with Crippen LogP contribution in [0, 0.1) is 13.8 Å². The van der Waals surface area contributed by atoms with Crippen LogP contribution in [0.25, 0.3) is 0 Å². The molecule has 1 aromatic heterocycles. The van der Waals surface area contributed by atoms with Gasteiger partial charge in [-0.05, 0) is 37.6 Å². The standard InChI is InChI=1S/C22H35N5O.2CH2O2/c1-18-13-20(15-26-9-7-24(3)8-10-26)19(2)21(14-18)16-27(11-12-28)17-22-23-5-6-25(22)4;2*2-1-3/h5-6,13-14,28H,7-12,15-17H2,1-4H3;2*1H,(H,2,3). The van der Waals surface area contributed by atoms with Crippen molar-refractivity contribution in [1.82, 2.24) is 24.3 Å². The molecular weight excluding hydrogens is 438 g/mol. The largest absolute Gasteiger partial charge is 0.483 e. The van der Waals surface area contributed by atoms with E-state index in [1.807, 2.05) is 24.0 Å². The van der Waals surface area contributed by atoms with Crippen molar-refractivity contribution in [1.29, 1.82) is 0 Å². The molecule has 0 bridgehead atoms. The highest BCUT2D eigenvalue weighted by Gasteiger charge is 2.17. The fourth-order valence-electron chi connectivity index (χ4n) is 3.93. The molecule has 10 heteroatoms. The van der Waals surface area contributed by atoms with Crippen molar-refractivity contribution in [3.05, 3.63) is 52.6 Å². The average Bonchev–Trinajstić information content (AvgIpc) is 3.18. The zero-order chi connectivity index (χ0) is 25.5. The molecule has 0 unspecified atom stereocenters. The van der Waals surface area contributed by atoms with Gasteiger partial charge in [0.25, 0.3) is 12.9 Å². The number of carbonyl (C=O) groups is 2. The molecule has 0 amide bonds. The predicted molar refractivity (Wildman–Crippen MR) is 130 cm³/mol. The number of aliphatic hydroxyl groups excluding tert-OH is 1. The van der Waals surface area contributed by atoms with Gasteiger partial charge in [-0.3, -0.25) is 19.4 Å². The fraction of sp³-hybridized carbons (Fsp3) is 0.542. The van der Waals surface area contributed by atoms with Crippen molar-refractivity contribution in [2.45, 2.75) is 33.5 Å². The molecule has 3 rings (SSSR count). The van der Waals surface area contributed by atoms with Gasteiger partial charge >= 0.3 is 0 Å². The van der Waals surface area contributed by atoms with Crippen LogP contribution in [0.2, 0.25) is 0 Å². The lowest BCUT2D eigenvalue weighted by Crippen LogP contribution is -2.44. The van der Waals surface area contributed by atoms with Crippen molar-refractivity contribution in [2.75, 3.05) is 46.4 Å². The van der Waals surface area contributed by atoms with Crippen LogP contribution in [0.5, 0.6) is 0 Å². The van der Waals surface area contributed by atoms with E-state index in [4.69, 9.17) is 19.8 Å². The summed E-state index contributed by atoms with van der Waals surface area (Å²) in [6.45, 7) is 11.9. The second-order valence-corrected chi connectivity index (χ2v) is 8.39. The summed E-state index contributed by atoms with van der Waals surface area (Å²) in [7, 11) is 4.22. The second-order valence-electron chi connectivity index (χ2n) is 8.39. The Morgan fingerprint density at radius 1 is 1.00 bits per heavy atom. The molecule has 10 nitrogen and oxygen atoms in total. The maximum Gasteiger partial charge on any atom is 0.290 e. The summed E-state index contributed by atoms with van der Waals surface area (Å²) in [5, 5.41) is 23.3. The summed E-state index contributed by atoms with van der Waals surface area (Å²) in [5.41, 5.74) is 5.48. The first-order valence-electron chi connectivity index (χ1n) is 11.2. The molecule has 3 N–H and O–H groups in total. The molecule has 1 aliphatic rings. The lowest BCUT2D eigenvalue weighted by molar-refractivity contribution is -0.123. The zero-order valence-corrected chi connectivity index (χ0v) is 20.7. The number of nitrogens with zero attached hydrogens (tertiary/aromatic N) is 5. The molecule has 1 aliphatic heterocycles. The first-order valence-corrected chi connectivity index (χ1v) is 11.2. The number of imidazole rings is 1. The minimum Gasteiger partial charge on any atom is -0.483 e. The Hall–Kier alpha value is -2.79. The number of rotatable bonds is 8. The minimum atomic E-state index is -0.250. The molecule has 1 aromatic carbocycles. The first-order chi connectivity index (χ1) is 16.3. The topological polar surface area (TPSA) is 122 Å². The van der Waals surface area contributed by atoms with Gasteiger partial charge in [0.15, 0.2) is 0 Å². The van der Waals surface area contributed by atoms with Crippen LogP contribution in [0.1, 0.15) is 28.1 Å². The third kappa shape index (κ3) is 10.0. The summed E-state index contributed by atoms with van der Waals surface area (Å²) < 4.78 is 2.05. The molecule has 2 aromatic rings. The van der Waals surface area contributed by atoms with Crippen LogP contribution in [0.15, 0.2) is 24.5 Å². The quantitative estimate of drug-likeness (QED) is 0.481. The SMILES string of the molecule is Cc1cc(CN2CCN(C)CC2)c(C)c(CN(CCO)Cc2nccn2C)c1.O=CO.O=CO. The monoisotopic (exact) mass is 477 g/mol. The van der Waals surface area contributed by atoms with Crippen LogP contribution in [-0.4, -0.2) is 98.9 Å². The normalized spacial score (nSPS) is 14.1. The Kier molecular flexibility index (Phi) is 13.7. The van der Waals surface area contributed by atoms with E-state index in [0.717, 1.165) is 51.6 Å². The van der Waals surface area contributed by atoms with Gasteiger partial charge in [-0.1, -0.05) is 17.7 Å². The minimum absolute atomic E-state index is 0.156. The lowest BCUT2D eigenvalue weighted by Gasteiger charge is -2.33. The van der Waals surface area contributed by atoms with Crippen LogP contribution in [-0.2, 0) is 36.3 Å². The van der Waals surface area contributed by atoms with Crippen LogP contribution < -0.4 is 0 Å². The van der Waals surface area contributed by atoms with E-state index in [2.05, 4.69) is 52.7 Å². The van der Waals surface area contributed by atoms with Gasteiger partial charge in [0, 0.05) is 65.3 Å². The number of aromatic nitrogens is 2. The van der Waals surface area contributed by atoms with Crippen molar-refractivity contribution in [3.8, 4) is 0 Å². The predicted octanol–water partition coefficient (Wildman–Crippen LogP) is 1.18. The van der Waals surface area contributed by atoms with Crippen LogP contribution in [0.3, 0.4) is 0 Å². The lowest BCUT2D eigenvalue weighted by atomic mass is 9.98. The summed E-state index contributed by atoms with van der Waals surface area (Å²) >= 11 is 0. The van der Waals surface area contributed by atoms with E-state index in [0.29, 0.717) is 6.54 Å². The number of aryl methyl sites for hydroxylation is 2. The average molecular weight is 478 g/mol. The number of aliphatic hydroxyl groups is 1. The Balaban J connectivity index is 0.000000872. The molecule has 0 radical (unpaired) electrons. The molecule has 0 spiro atoms. The highest BCUT2D eigenvalue weighted by Crippen LogP contribution is 2.21. The van der Waals surface area contributed by atoms with E-state index in [1.165, 1.54) is 22.3 Å². The molecule has 0 aliphatic carbocycles. The summed E-state index contributed by atoms with van der Waals surface area (Å²) in [5.74, 6) is 1.02. The Morgan fingerprint density at radius 2 is 1.59 bits per heavy atom. The molecule has 1 fully saturated rings. The van der Waals surface area contributed by atoms with E-state index in [1.54, 1.807) is 0 Å². The number of hydrogen-bond acceptors (Lipinski definition) is 7. The van der Waals surface area contributed by atoms with Crippen molar-refractivity contribution in [3.63, 3.8) is 0 Å². The molecule has 34 heavy (non-hydrogen) atoms. The fourth-order valence-corrected chi connectivity index (χ4v) is 3.93. The number of carboxylic acid groups (broad SMARTS) is 2. The summed E-state index contributed by atoms with van der Waals surface area (Å²) in [6, 6.07) is 4.64. The first kappa shape index (κ1) is 29.2. The number of hydrogen-bond donors (Lipinski definition) is 3. The summed E-state index contributed by atoms with van der Waals surface area (Å²) in [4.78, 5) is 28.4. The highest BCUT2D eigenvalue weighted by molar-refractivity contribution is 5.38.